The van der Waals surface area contributed by atoms with Crippen molar-refractivity contribution in [3.05, 3.63) is 42.1 Å². The predicted octanol–water partition coefficient (Wildman–Crippen LogP) is 1.67. The number of para-hydroxylation sites is 1. The van der Waals surface area contributed by atoms with E-state index in [2.05, 4.69) is 4.98 Å². The van der Waals surface area contributed by atoms with Crippen LogP contribution in [0.2, 0.25) is 0 Å². The lowest BCUT2D eigenvalue weighted by Crippen LogP contribution is -2.22. The third-order valence-corrected chi connectivity index (χ3v) is 5.57. The standard InChI is InChI=1S/C14H16N2O2S/c15-14(11-5-6-19(17,18)9-11)12-7-10-3-1-2-4-13(10)16-8-12/h1-4,7-8,11,14H,5-6,9,15H2. The highest BCUT2D eigenvalue weighted by Gasteiger charge is 2.32. The second-order valence-corrected chi connectivity index (χ2v) is 7.38. The Hall–Kier alpha value is -1.46. The zero-order valence-corrected chi connectivity index (χ0v) is 11.3. The van der Waals surface area contributed by atoms with E-state index in [-0.39, 0.29) is 23.5 Å². The lowest BCUT2D eigenvalue weighted by molar-refractivity contribution is 0.479. The van der Waals surface area contributed by atoms with E-state index in [0.717, 1.165) is 16.5 Å². The smallest absolute Gasteiger partial charge is 0.150 e. The molecule has 0 spiro atoms. The van der Waals surface area contributed by atoms with E-state index < -0.39 is 9.84 Å². The van der Waals surface area contributed by atoms with Gasteiger partial charge in [0.2, 0.25) is 0 Å². The normalized spacial score (nSPS) is 23.5. The Morgan fingerprint density at radius 3 is 2.84 bits per heavy atom. The molecule has 1 saturated heterocycles. The molecule has 2 unspecified atom stereocenters. The number of fused-ring (bicyclic) bond motifs is 1. The van der Waals surface area contributed by atoms with E-state index in [9.17, 15) is 8.42 Å². The quantitative estimate of drug-likeness (QED) is 0.905. The maximum atomic E-state index is 11.5. The topological polar surface area (TPSA) is 73.0 Å². The summed E-state index contributed by atoms with van der Waals surface area (Å²) < 4.78 is 23.0. The predicted molar refractivity (Wildman–Crippen MR) is 75.4 cm³/mol. The Labute approximate surface area is 112 Å². The van der Waals surface area contributed by atoms with Crippen molar-refractivity contribution in [1.29, 1.82) is 0 Å². The molecule has 0 aliphatic carbocycles. The maximum Gasteiger partial charge on any atom is 0.150 e. The van der Waals surface area contributed by atoms with E-state index in [0.29, 0.717) is 6.42 Å². The summed E-state index contributed by atoms with van der Waals surface area (Å²) in [5, 5.41) is 1.04. The number of nitrogens with two attached hydrogens (primary N) is 1. The van der Waals surface area contributed by atoms with Gasteiger partial charge in [-0.1, -0.05) is 18.2 Å². The van der Waals surface area contributed by atoms with Crippen LogP contribution in [0.1, 0.15) is 18.0 Å². The van der Waals surface area contributed by atoms with Gasteiger partial charge in [0.05, 0.1) is 17.0 Å². The minimum atomic E-state index is -2.89. The molecular formula is C14H16N2O2S. The second kappa shape index (κ2) is 4.58. The van der Waals surface area contributed by atoms with E-state index in [4.69, 9.17) is 5.73 Å². The molecule has 1 aliphatic rings. The van der Waals surface area contributed by atoms with Crippen LogP contribution >= 0.6 is 0 Å². The van der Waals surface area contributed by atoms with Gasteiger partial charge >= 0.3 is 0 Å². The second-order valence-electron chi connectivity index (χ2n) is 5.15. The molecule has 0 saturated carbocycles. The number of hydrogen-bond donors (Lipinski definition) is 1. The first-order chi connectivity index (χ1) is 9.05. The molecule has 19 heavy (non-hydrogen) atoms. The molecule has 0 bridgehead atoms. The van der Waals surface area contributed by atoms with E-state index >= 15 is 0 Å². The first kappa shape index (κ1) is 12.6. The Balaban J connectivity index is 1.91. The first-order valence-corrected chi connectivity index (χ1v) is 8.18. The lowest BCUT2D eigenvalue weighted by Gasteiger charge is -2.18. The first-order valence-electron chi connectivity index (χ1n) is 6.36. The Morgan fingerprint density at radius 1 is 1.32 bits per heavy atom. The van der Waals surface area contributed by atoms with Crippen LogP contribution in [-0.2, 0) is 9.84 Å². The van der Waals surface area contributed by atoms with Gasteiger partial charge in [0.25, 0.3) is 0 Å². The maximum absolute atomic E-state index is 11.5. The minimum absolute atomic E-state index is 0.00737. The van der Waals surface area contributed by atoms with Gasteiger partial charge in [-0.25, -0.2) is 8.42 Å². The third-order valence-electron chi connectivity index (χ3n) is 3.77. The molecular weight excluding hydrogens is 260 g/mol. The van der Waals surface area contributed by atoms with Gasteiger partial charge in [0.1, 0.15) is 0 Å². The zero-order valence-electron chi connectivity index (χ0n) is 10.5. The fourth-order valence-corrected chi connectivity index (χ4v) is 4.50. The summed E-state index contributed by atoms with van der Waals surface area (Å²) in [6.07, 6.45) is 2.41. The molecule has 2 N–H and O–H groups in total. The van der Waals surface area contributed by atoms with Crippen molar-refractivity contribution < 1.29 is 8.42 Å². The summed E-state index contributed by atoms with van der Waals surface area (Å²) in [5.74, 6) is 0.459. The summed E-state index contributed by atoms with van der Waals surface area (Å²) in [6, 6.07) is 9.60. The van der Waals surface area contributed by atoms with Gasteiger partial charge in [-0.15, -0.1) is 0 Å². The molecule has 100 valence electrons. The molecule has 3 rings (SSSR count). The van der Waals surface area contributed by atoms with Crippen LogP contribution in [0.25, 0.3) is 10.9 Å². The average molecular weight is 276 g/mol. The Bertz CT molecular complexity index is 712. The average Bonchev–Trinajstić information content (AvgIpc) is 2.78. The molecule has 1 fully saturated rings. The zero-order chi connectivity index (χ0) is 13.5. The van der Waals surface area contributed by atoms with Crippen LogP contribution < -0.4 is 5.73 Å². The van der Waals surface area contributed by atoms with Crippen LogP contribution in [0.3, 0.4) is 0 Å². The summed E-state index contributed by atoms with van der Waals surface area (Å²) in [7, 11) is -2.89. The number of sulfone groups is 1. The molecule has 1 aromatic heterocycles. The van der Waals surface area contributed by atoms with E-state index in [1.807, 2.05) is 30.3 Å². The van der Waals surface area contributed by atoms with Crippen molar-refractivity contribution in [1.82, 2.24) is 4.98 Å². The molecule has 1 aromatic carbocycles. The highest BCUT2D eigenvalue weighted by molar-refractivity contribution is 7.91. The van der Waals surface area contributed by atoms with E-state index in [1.54, 1.807) is 6.20 Å². The third kappa shape index (κ3) is 2.48. The highest BCUT2D eigenvalue weighted by Crippen LogP contribution is 2.30. The van der Waals surface area contributed by atoms with Crippen molar-refractivity contribution in [3.8, 4) is 0 Å². The van der Waals surface area contributed by atoms with Crippen LogP contribution in [0.15, 0.2) is 36.5 Å². The Kier molecular flexibility index (Phi) is 3.03. The van der Waals surface area contributed by atoms with Crippen molar-refractivity contribution in [3.63, 3.8) is 0 Å². The number of aromatic nitrogens is 1. The SMILES string of the molecule is NC(c1cnc2ccccc2c1)C1CCS(=O)(=O)C1. The molecule has 2 atom stereocenters. The van der Waals surface area contributed by atoms with Crippen LogP contribution in [-0.4, -0.2) is 24.9 Å². The molecule has 2 heterocycles. The number of hydrogen-bond acceptors (Lipinski definition) is 4. The largest absolute Gasteiger partial charge is 0.324 e. The van der Waals surface area contributed by atoms with Gasteiger partial charge in [0, 0.05) is 17.6 Å². The summed E-state index contributed by atoms with van der Waals surface area (Å²) in [4.78, 5) is 4.38. The molecule has 0 amide bonds. The highest BCUT2D eigenvalue weighted by atomic mass is 32.2. The summed E-state index contributed by atoms with van der Waals surface area (Å²) >= 11 is 0. The molecule has 5 heteroatoms. The van der Waals surface area contributed by atoms with Crippen molar-refractivity contribution in [2.45, 2.75) is 12.5 Å². The number of benzene rings is 1. The summed E-state index contributed by atoms with van der Waals surface area (Å²) in [6.45, 7) is 0. The van der Waals surface area contributed by atoms with Crippen LogP contribution in [0.4, 0.5) is 0 Å². The van der Waals surface area contributed by atoms with E-state index in [1.165, 1.54) is 0 Å². The van der Waals surface area contributed by atoms with Gasteiger partial charge in [-0.3, -0.25) is 4.98 Å². The summed E-state index contributed by atoms with van der Waals surface area (Å²) in [5.41, 5.74) is 8.05. The number of pyridine rings is 1. The van der Waals surface area contributed by atoms with Gasteiger partial charge in [0.15, 0.2) is 9.84 Å². The van der Waals surface area contributed by atoms with Gasteiger partial charge in [-0.05, 0) is 30.0 Å². The molecule has 4 nitrogen and oxygen atoms in total. The molecule has 2 aromatic rings. The monoisotopic (exact) mass is 276 g/mol. The van der Waals surface area contributed by atoms with Crippen molar-refractivity contribution in [2.75, 3.05) is 11.5 Å². The number of nitrogens with zero attached hydrogens (tertiary/aromatic N) is 1. The molecule has 1 aliphatic heterocycles. The van der Waals surface area contributed by atoms with Crippen molar-refractivity contribution in [2.24, 2.45) is 11.7 Å². The van der Waals surface area contributed by atoms with Crippen LogP contribution in [0, 0.1) is 5.92 Å². The number of rotatable bonds is 2. The lowest BCUT2D eigenvalue weighted by atomic mass is 9.94. The fraction of sp³-hybridized carbons (Fsp3) is 0.357. The van der Waals surface area contributed by atoms with Gasteiger partial charge < -0.3 is 5.73 Å². The minimum Gasteiger partial charge on any atom is -0.324 e. The van der Waals surface area contributed by atoms with Crippen molar-refractivity contribution >= 4 is 20.7 Å². The Morgan fingerprint density at radius 2 is 2.11 bits per heavy atom. The molecule has 0 radical (unpaired) electrons. The fourth-order valence-electron chi connectivity index (χ4n) is 2.65. The van der Waals surface area contributed by atoms with Gasteiger partial charge in [-0.2, -0.15) is 0 Å². The van der Waals surface area contributed by atoms with Crippen LogP contribution in [0.5, 0.6) is 0 Å².